The largest absolute Gasteiger partial charge is 0.345 e. The van der Waals surface area contributed by atoms with Gasteiger partial charge in [-0.1, -0.05) is 0 Å². The molecule has 10 rings (SSSR count). The number of carbonyl (C=O) groups is 1. The SMILES string of the molecule is O=C(NC12CC3CC(CC(C3)C1)C2)c1nn(-c2ccc(F)cc2)c2c1C1CC3CC(C1)CC2C3. The third kappa shape index (κ3) is 2.94. The molecule has 1 amide bonds. The molecule has 2 atom stereocenters. The van der Waals surface area contributed by atoms with Gasteiger partial charge in [-0.05, 0) is 130 Å². The fraction of sp³-hybridized carbons (Fsp3) is 0.655. The van der Waals surface area contributed by atoms with Crippen LogP contribution in [0.1, 0.15) is 104 Å². The summed E-state index contributed by atoms with van der Waals surface area (Å²) in [5.41, 5.74) is 4.04. The minimum absolute atomic E-state index is 0.0136. The molecule has 6 saturated carbocycles. The van der Waals surface area contributed by atoms with Gasteiger partial charge in [-0.3, -0.25) is 4.79 Å². The van der Waals surface area contributed by atoms with Crippen LogP contribution in [0.4, 0.5) is 4.39 Å². The van der Waals surface area contributed by atoms with Crippen molar-refractivity contribution >= 4 is 5.91 Å². The van der Waals surface area contributed by atoms with Crippen LogP contribution < -0.4 is 5.32 Å². The molecule has 0 aliphatic heterocycles. The lowest BCUT2D eigenvalue weighted by atomic mass is 9.53. The van der Waals surface area contributed by atoms with Crippen LogP contribution in [0.2, 0.25) is 0 Å². The summed E-state index contributed by atoms with van der Waals surface area (Å²) >= 11 is 0. The van der Waals surface area contributed by atoms with Gasteiger partial charge in [-0.25, -0.2) is 9.07 Å². The van der Waals surface area contributed by atoms with Crippen LogP contribution in [-0.2, 0) is 0 Å². The highest BCUT2D eigenvalue weighted by Gasteiger charge is 2.52. The number of halogens is 1. The molecule has 1 aromatic carbocycles. The molecule has 178 valence electrons. The predicted octanol–water partition coefficient (Wildman–Crippen LogP) is 6.10. The van der Waals surface area contributed by atoms with Gasteiger partial charge in [0.25, 0.3) is 5.91 Å². The van der Waals surface area contributed by atoms with Gasteiger partial charge in [-0.15, -0.1) is 0 Å². The number of aromatic nitrogens is 2. The molecular weight excluding hydrogens is 425 g/mol. The molecule has 0 radical (unpaired) electrons. The Hall–Kier alpha value is -2.17. The van der Waals surface area contributed by atoms with E-state index in [1.165, 1.54) is 74.8 Å². The molecule has 0 spiro atoms. The topological polar surface area (TPSA) is 46.9 Å². The van der Waals surface area contributed by atoms with Gasteiger partial charge < -0.3 is 5.32 Å². The van der Waals surface area contributed by atoms with Crippen molar-refractivity contribution < 1.29 is 9.18 Å². The number of nitrogens with zero attached hydrogens (tertiary/aromatic N) is 2. The number of nitrogens with one attached hydrogen (secondary N) is 1. The van der Waals surface area contributed by atoms with Crippen LogP contribution in [0.25, 0.3) is 5.69 Å². The van der Waals surface area contributed by atoms with E-state index in [1.807, 2.05) is 16.8 Å². The van der Waals surface area contributed by atoms with Crippen molar-refractivity contribution in [1.29, 1.82) is 0 Å². The lowest BCUT2D eigenvalue weighted by Crippen LogP contribution is -2.60. The number of rotatable bonds is 3. The molecule has 34 heavy (non-hydrogen) atoms. The molecule has 0 saturated heterocycles. The van der Waals surface area contributed by atoms with E-state index in [2.05, 4.69) is 5.32 Å². The Morgan fingerprint density at radius 3 is 2.00 bits per heavy atom. The minimum atomic E-state index is -0.234. The van der Waals surface area contributed by atoms with Crippen molar-refractivity contribution in [2.24, 2.45) is 29.6 Å². The van der Waals surface area contributed by atoms with Gasteiger partial charge >= 0.3 is 0 Å². The maximum Gasteiger partial charge on any atom is 0.272 e. The van der Waals surface area contributed by atoms with Crippen molar-refractivity contribution in [3.63, 3.8) is 0 Å². The zero-order valence-corrected chi connectivity index (χ0v) is 19.8. The first-order valence-electron chi connectivity index (χ1n) is 13.7. The smallest absolute Gasteiger partial charge is 0.272 e. The van der Waals surface area contributed by atoms with Crippen molar-refractivity contribution in [1.82, 2.24) is 15.1 Å². The van der Waals surface area contributed by atoms with E-state index in [4.69, 9.17) is 5.10 Å². The third-order valence-corrected chi connectivity index (χ3v) is 10.6. The first-order valence-corrected chi connectivity index (χ1v) is 13.7. The highest BCUT2D eigenvalue weighted by atomic mass is 19.1. The van der Waals surface area contributed by atoms with Crippen LogP contribution in [0.15, 0.2) is 24.3 Å². The fourth-order valence-corrected chi connectivity index (χ4v) is 10.1. The molecule has 8 aliphatic rings. The predicted molar refractivity (Wildman–Crippen MR) is 127 cm³/mol. The molecule has 1 N–H and O–H groups in total. The number of hydrogen-bond donors (Lipinski definition) is 1. The molecule has 8 bridgehead atoms. The Bertz CT molecular complexity index is 1120. The second kappa shape index (κ2) is 6.95. The molecule has 2 unspecified atom stereocenters. The monoisotopic (exact) mass is 459 g/mol. The number of carbonyl (C=O) groups excluding carboxylic acids is 1. The van der Waals surface area contributed by atoms with Crippen LogP contribution in [0, 0.1) is 35.4 Å². The van der Waals surface area contributed by atoms with Crippen LogP contribution in [-0.4, -0.2) is 21.2 Å². The summed E-state index contributed by atoms with van der Waals surface area (Å²) in [6.07, 6.45) is 13.8. The van der Waals surface area contributed by atoms with Crippen molar-refractivity contribution in [2.75, 3.05) is 0 Å². The van der Waals surface area contributed by atoms with Gasteiger partial charge in [0.05, 0.1) is 11.4 Å². The molecule has 4 nitrogen and oxygen atoms in total. The quantitative estimate of drug-likeness (QED) is 0.603. The van der Waals surface area contributed by atoms with Crippen molar-refractivity contribution in [3.8, 4) is 5.69 Å². The highest BCUT2D eigenvalue weighted by Crippen LogP contribution is 2.58. The van der Waals surface area contributed by atoms with Crippen LogP contribution in [0.5, 0.6) is 0 Å². The Kier molecular flexibility index (Phi) is 4.10. The van der Waals surface area contributed by atoms with E-state index in [0.717, 1.165) is 54.5 Å². The summed E-state index contributed by atoms with van der Waals surface area (Å²) in [7, 11) is 0. The molecule has 5 heteroatoms. The van der Waals surface area contributed by atoms with Crippen molar-refractivity contribution in [3.05, 3.63) is 47.0 Å². The number of amides is 1. The Morgan fingerprint density at radius 1 is 0.824 bits per heavy atom. The second-order valence-corrected chi connectivity index (χ2v) is 13.0. The zero-order valence-electron chi connectivity index (χ0n) is 19.8. The van der Waals surface area contributed by atoms with E-state index in [9.17, 15) is 9.18 Å². The van der Waals surface area contributed by atoms with Gasteiger partial charge in [0.2, 0.25) is 0 Å². The number of benzene rings is 1. The van der Waals surface area contributed by atoms with Gasteiger partial charge in [-0.2, -0.15) is 5.10 Å². The third-order valence-electron chi connectivity index (χ3n) is 10.6. The summed E-state index contributed by atoms with van der Waals surface area (Å²) < 4.78 is 15.8. The van der Waals surface area contributed by atoms with Crippen LogP contribution >= 0.6 is 0 Å². The summed E-state index contributed by atoms with van der Waals surface area (Å²) in [6, 6.07) is 6.66. The molecule has 8 aliphatic carbocycles. The average Bonchev–Trinajstić information content (AvgIpc) is 3.10. The maximum atomic E-state index is 14.0. The van der Waals surface area contributed by atoms with E-state index in [1.54, 1.807) is 0 Å². The Balaban J connectivity index is 1.22. The first kappa shape index (κ1) is 20.1. The highest BCUT2D eigenvalue weighted by molar-refractivity contribution is 5.95. The fourth-order valence-electron chi connectivity index (χ4n) is 10.1. The average molecular weight is 460 g/mol. The number of hydrogen-bond acceptors (Lipinski definition) is 2. The second-order valence-electron chi connectivity index (χ2n) is 13.0. The van der Waals surface area contributed by atoms with E-state index in [0.29, 0.717) is 17.5 Å². The summed E-state index contributed by atoms with van der Waals surface area (Å²) in [6.45, 7) is 0. The van der Waals surface area contributed by atoms with E-state index >= 15 is 0 Å². The molecular formula is C29H34FN3O. The van der Waals surface area contributed by atoms with Crippen LogP contribution in [0.3, 0.4) is 0 Å². The van der Waals surface area contributed by atoms with Gasteiger partial charge in [0.1, 0.15) is 5.82 Å². The summed E-state index contributed by atoms with van der Waals surface area (Å²) in [5.74, 6) is 4.67. The maximum absolute atomic E-state index is 14.0. The lowest BCUT2D eigenvalue weighted by Gasteiger charge is -2.56. The van der Waals surface area contributed by atoms with Gasteiger partial charge in [0, 0.05) is 17.0 Å². The molecule has 1 heterocycles. The van der Waals surface area contributed by atoms with E-state index in [-0.39, 0.29) is 17.3 Å². The Labute approximate surface area is 200 Å². The molecule has 2 aromatic rings. The Morgan fingerprint density at radius 2 is 1.38 bits per heavy atom. The van der Waals surface area contributed by atoms with Gasteiger partial charge in [0.15, 0.2) is 5.69 Å². The molecule has 6 fully saturated rings. The normalized spacial score (nSPS) is 40.9. The summed E-state index contributed by atoms with van der Waals surface area (Å²) in [5, 5.41) is 8.65. The minimum Gasteiger partial charge on any atom is -0.345 e. The summed E-state index contributed by atoms with van der Waals surface area (Å²) in [4.78, 5) is 14.0. The standard InChI is InChI=1S/C29H34FN3O/c30-23-1-3-24(4-2-23)33-27-22-11-16-5-17(12-22)10-21(9-16)25(27)26(32-33)28(34)31-29-13-18-6-19(14-29)8-20(7-18)15-29/h1-4,16-22H,5-15H2,(H,31,34). The first-order chi connectivity index (χ1) is 16.5. The van der Waals surface area contributed by atoms with Crippen molar-refractivity contribution in [2.45, 2.75) is 88.0 Å². The van der Waals surface area contributed by atoms with E-state index < -0.39 is 0 Å². The zero-order chi connectivity index (χ0) is 22.6. The molecule has 1 aromatic heterocycles. The lowest BCUT2D eigenvalue weighted by molar-refractivity contribution is -0.0168.